The molecule has 1 heterocycles. The Kier molecular flexibility index (Phi) is 4.36. The van der Waals surface area contributed by atoms with Gasteiger partial charge in [0.2, 0.25) is 0 Å². The van der Waals surface area contributed by atoms with E-state index in [-0.39, 0.29) is 6.04 Å². The molecule has 0 radical (unpaired) electrons. The Morgan fingerprint density at radius 3 is 2.82 bits per heavy atom. The van der Waals surface area contributed by atoms with Crippen LogP contribution in [0.4, 0.5) is 8.78 Å². The van der Waals surface area contributed by atoms with Crippen molar-refractivity contribution in [2.24, 2.45) is 5.84 Å². The first-order chi connectivity index (χ1) is 8.20. The molecule has 1 aromatic rings. The van der Waals surface area contributed by atoms with Gasteiger partial charge in [-0.3, -0.25) is 11.3 Å². The smallest absolute Gasteiger partial charge is 0.159 e. The van der Waals surface area contributed by atoms with Crippen LogP contribution in [0.2, 0.25) is 0 Å². The Bertz CT molecular complexity index is 381. The third kappa shape index (κ3) is 3.18. The van der Waals surface area contributed by atoms with E-state index in [4.69, 9.17) is 5.84 Å². The van der Waals surface area contributed by atoms with Gasteiger partial charge >= 0.3 is 0 Å². The number of benzene rings is 1. The van der Waals surface area contributed by atoms with E-state index in [0.29, 0.717) is 11.7 Å². The Balaban J connectivity index is 2.04. The van der Waals surface area contributed by atoms with Crippen LogP contribution in [0.1, 0.15) is 18.4 Å². The fourth-order valence-corrected chi connectivity index (χ4v) is 3.51. The second-order valence-electron chi connectivity index (χ2n) is 4.28. The maximum Gasteiger partial charge on any atom is 0.159 e. The highest BCUT2D eigenvalue weighted by Crippen LogP contribution is 2.30. The number of rotatable bonds is 4. The summed E-state index contributed by atoms with van der Waals surface area (Å²) in [6.07, 6.45) is 2.96. The van der Waals surface area contributed by atoms with E-state index in [0.717, 1.165) is 17.7 Å². The van der Waals surface area contributed by atoms with Crippen molar-refractivity contribution in [3.8, 4) is 0 Å². The highest BCUT2D eigenvalue weighted by atomic mass is 32.2. The quantitative estimate of drug-likeness (QED) is 0.642. The molecule has 1 fully saturated rings. The zero-order valence-electron chi connectivity index (χ0n) is 9.46. The van der Waals surface area contributed by atoms with Crippen LogP contribution in [0.3, 0.4) is 0 Å². The molecule has 1 aliphatic heterocycles. The Morgan fingerprint density at radius 2 is 2.24 bits per heavy atom. The summed E-state index contributed by atoms with van der Waals surface area (Å²) in [5.41, 5.74) is 3.57. The highest BCUT2D eigenvalue weighted by Gasteiger charge is 2.25. The van der Waals surface area contributed by atoms with E-state index in [9.17, 15) is 8.78 Å². The van der Waals surface area contributed by atoms with Crippen molar-refractivity contribution in [2.75, 3.05) is 5.75 Å². The van der Waals surface area contributed by atoms with Crippen LogP contribution in [-0.2, 0) is 6.42 Å². The van der Waals surface area contributed by atoms with Crippen molar-refractivity contribution in [2.45, 2.75) is 30.6 Å². The van der Waals surface area contributed by atoms with Gasteiger partial charge in [-0.1, -0.05) is 6.07 Å². The Labute approximate surface area is 104 Å². The minimum absolute atomic E-state index is 0.118. The Morgan fingerprint density at radius 1 is 1.41 bits per heavy atom. The molecule has 2 atom stereocenters. The van der Waals surface area contributed by atoms with Gasteiger partial charge in [0.1, 0.15) is 0 Å². The fraction of sp³-hybridized carbons (Fsp3) is 0.500. The molecular weight excluding hydrogens is 242 g/mol. The average Bonchev–Trinajstić information content (AvgIpc) is 2.84. The number of hydrazine groups is 1. The first kappa shape index (κ1) is 12.8. The van der Waals surface area contributed by atoms with Gasteiger partial charge in [0.05, 0.1) is 0 Å². The van der Waals surface area contributed by atoms with Gasteiger partial charge in [0, 0.05) is 11.3 Å². The van der Waals surface area contributed by atoms with Gasteiger partial charge in [-0.2, -0.15) is 11.8 Å². The lowest BCUT2D eigenvalue weighted by Crippen LogP contribution is -2.43. The number of hydrogen-bond donors (Lipinski definition) is 2. The molecule has 1 aliphatic rings. The van der Waals surface area contributed by atoms with Crippen molar-refractivity contribution < 1.29 is 8.78 Å². The van der Waals surface area contributed by atoms with Gasteiger partial charge in [-0.05, 0) is 42.7 Å². The molecule has 0 bridgehead atoms. The van der Waals surface area contributed by atoms with Crippen molar-refractivity contribution in [1.82, 2.24) is 5.43 Å². The molecule has 94 valence electrons. The predicted octanol–water partition coefficient (Wildman–Crippen LogP) is 2.23. The van der Waals surface area contributed by atoms with Gasteiger partial charge in [0.15, 0.2) is 11.6 Å². The molecule has 0 saturated carbocycles. The van der Waals surface area contributed by atoms with Crippen LogP contribution in [0.15, 0.2) is 18.2 Å². The van der Waals surface area contributed by atoms with Crippen molar-refractivity contribution in [1.29, 1.82) is 0 Å². The molecule has 0 amide bonds. The minimum Gasteiger partial charge on any atom is -0.271 e. The van der Waals surface area contributed by atoms with E-state index in [1.165, 1.54) is 18.6 Å². The summed E-state index contributed by atoms with van der Waals surface area (Å²) in [6.45, 7) is 0. The normalized spacial score (nSPS) is 21.7. The molecule has 2 unspecified atom stereocenters. The van der Waals surface area contributed by atoms with Gasteiger partial charge in [-0.25, -0.2) is 8.78 Å². The molecule has 1 aromatic carbocycles. The van der Waals surface area contributed by atoms with Crippen LogP contribution < -0.4 is 11.3 Å². The summed E-state index contributed by atoms with van der Waals surface area (Å²) < 4.78 is 25.9. The number of nitrogens with two attached hydrogens (primary N) is 1. The van der Waals surface area contributed by atoms with E-state index in [2.05, 4.69) is 5.43 Å². The minimum atomic E-state index is -0.804. The summed E-state index contributed by atoms with van der Waals surface area (Å²) in [6, 6.07) is 4.15. The molecule has 2 nitrogen and oxygen atoms in total. The highest BCUT2D eigenvalue weighted by molar-refractivity contribution is 8.00. The largest absolute Gasteiger partial charge is 0.271 e. The second-order valence-corrected chi connectivity index (χ2v) is 5.62. The molecule has 5 heteroatoms. The topological polar surface area (TPSA) is 38.0 Å². The van der Waals surface area contributed by atoms with Crippen LogP contribution in [0, 0.1) is 11.6 Å². The van der Waals surface area contributed by atoms with Gasteiger partial charge < -0.3 is 0 Å². The standard InChI is InChI=1S/C12H16F2N2S/c13-9-4-3-8(6-10(9)14)7-11(16-15)12-2-1-5-17-12/h3-4,6,11-12,16H,1-2,5,7,15H2. The van der Waals surface area contributed by atoms with Crippen LogP contribution in [0.25, 0.3) is 0 Å². The molecule has 2 rings (SSSR count). The lowest BCUT2D eigenvalue weighted by molar-refractivity contribution is 0.486. The lowest BCUT2D eigenvalue weighted by Gasteiger charge is -2.22. The molecular formula is C12H16F2N2S. The molecule has 1 saturated heterocycles. The molecule has 0 spiro atoms. The third-order valence-electron chi connectivity index (χ3n) is 3.07. The zero-order valence-corrected chi connectivity index (χ0v) is 10.3. The molecule has 17 heavy (non-hydrogen) atoms. The zero-order chi connectivity index (χ0) is 12.3. The fourth-order valence-electron chi connectivity index (χ4n) is 2.14. The van der Waals surface area contributed by atoms with Gasteiger partial charge in [-0.15, -0.1) is 0 Å². The molecule has 0 aliphatic carbocycles. The summed E-state index contributed by atoms with van der Waals surface area (Å²) in [5, 5.41) is 0.466. The maximum atomic E-state index is 13.1. The van der Waals surface area contributed by atoms with Crippen molar-refractivity contribution in [3.63, 3.8) is 0 Å². The maximum absolute atomic E-state index is 13.1. The van der Waals surface area contributed by atoms with E-state index >= 15 is 0 Å². The number of hydrogen-bond acceptors (Lipinski definition) is 3. The number of nitrogens with one attached hydrogen (secondary N) is 1. The van der Waals surface area contributed by atoms with Gasteiger partial charge in [0.25, 0.3) is 0 Å². The van der Waals surface area contributed by atoms with E-state index < -0.39 is 11.6 Å². The average molecular weight is 258 g/mol. The summed E-state index contributed by atoms with van der Waals surface area (Å²) >= 11 is 1.89. The summed E-state index contributed by atoms with van der Waals surface area (Å²) in [4.78, 5) is 0. The molecule has 3 N–H and O–H groups in total. The first-order valence-electron chi connectivity index (χ1n) is 5.72. The van der Waals surface area contributed by atoms with Crippen LogP contribution >= 0.6 is 11.8 Å². The van der Waals surface area contributed by atoms with E-state index in [1.54, 1.807) is 6.07 Å². The summed E-state index contributed by atoms with van der Waals surface area (Å²) in [7, 11) is 0. The van der Waals surface area contributed by atoms with Crippen molar-refractivity contribution >= 4 is 11.8 Å². The third-order valence-corrected chi connectivity index (χ3v) is 4.58. The molecule has 0 aromatic heterocycles. The Hall–Kier alpha value is -0.650. The lowest BCUT2D eigenvalue weighted by atomic mass is 10.0. The van der Waals surface area contributed by atoms with E-state index in [1.807, 2.05) is 11.8 Å². The first-order valence-corrected chi connectivity index (χ1v) is 6.77. The predicted molar refractivity (Wildman–Crippen MR) is 66.7 cm³/mol. The van der Waals surface area contributed by atoms with Crippen LogP contribution in [0.5, 0.6) is 0 Å². The monoisotopic (exact) mass is 258 g/mol. The summed E-state index contributed by atoms with van der Waals surface area (Å²) in [5.74, 6) is 5.09. The number of halogens is 2. The SMILES string of the molecule is NNC(Cc1ccc(F)c(F)c1)C1CCCS1. The van der Waals surface area contributed by atoms with Crippen molar-refractivity contribution in [3.05, 3.63) is 35.4 Å². The van der Waals surface area contributed by atoms with Crippen LogP contribution in [-0.4, -0.2) is 17.0 Å². The number of thioether (sulfide) groups is 1. The second kappa shape index (κ2) is 5.80.